The Morgan fingerprint density at radius 3 is 2.96 bits per heavy atom. The molecule has 2 fully saturated rings. The van der Waals surface area contributed by atoms with E-state index in [2.05, 4.69) is 15.5 Å². The molecule has 0 radical (unpaired) electrons. The summed E-state index contributed by atoms with van der Waals surface area (Å²) in [6, 6.07) is 9.59. The molecule has 1 aromatic carbocycles. The van der Waals surface area contributed by atoms with Crippen LogP contribution >= 0.6 is 11.3 Å². The lowest BCUT2D eigenvalue weighted by Gasteiger charge is -2.25. The molecular weight excluding hydrogens is 380 g/mol. The summed E-state index contributed by atoms with van der Waals surface area (Å²) in [7, 11) is 0. The Labute approximate surface area is 166 Å². The van der Waals surface area contributed by atoms with Gasteiger partial charge in [-0.25, -0.2) is 5.84 Å². The Bertz CT molecular complexity index is 858. The molecule has 2 aliphatic rings. The summed E-state index contributed by atoms with van der Waals surface area (Å²) in [6.07, 6.45) is 2.26. The number of carbonyl (C=O) groups is 1. The molecule has 148 valence electrons. The summed E-state index contributed by atoms with van der Waals surface area (Å²) in [6.45, 7) is 1.35. The molecule has 3 atom stereocenters. The average molecular weight is 402 g/mol. The fourth-order valence-corrected chi connectivity index (χ4v) is 4.08. The van der Waals surface area contributed by atoms with Crippen LogP contribution in [0.1, 0.15) is 11.4 Å². The molecule has 3 unspecified atom stereocenters. The van der Waals surface area contributed by atoms with Crippen LogP contribution in [0.15, 0.2) is 42.2 Å². The molecule has 2 aromatic rings. The molecule has 0 aliphatic carbocycles. The lowest BCUT2D eigenvalue weighted by molar-refractivity contribution is -0.117. The molecule has 0 bridgehead atoms. The molecule has 4 rings (SSSR count). The third-order valence-electron chi connectivity index (χ3n) is 4.76. The van der Waals surface area contributed by atoms with E-state index in [1.165, 1.54) is 22.5 Å². The largest absolute Gasteiger partial charge is 0.393 e. The Morgan fingerprint density at radius 1 is 1.32 bits per heavy atom. The van der Waals surface area contributed by atoms with Crippen molar-refractivity contribution in [2.45, 2.75) is 31.2 Å². The predicted molar refractivity (Wildman–Crippen MR) is 103 cm³/mol. The Hall–Kier alpha value is -2.53. The molecule has 1 aromatic heterocycles. The van der Waals surface area contributed by atoms with Crippen LogP contribution in [0.3, 0.4) is 0 Å². The van der Waals surface area contributed by atoms with Gasteiger partial charge in [-0.2, -0.15) is 0 Å². The number of nitrogens with one attached hydrogen (secondary N) is 1. The van der Waals surface area contributed by atoms with Crippen molar-refractivity contribution in [2.75, 3.05) is 13.2 Å². The summed E-state index contributed by atoms with van der Waals surface area (Å²) >= 11 is 1.42. The average Bonchev–Trinajstić information content (AvgIpc) is 3.43. The summed E-state index contributed by atoms with van der Waals surface area (Å²) in [5.74, 6) is 5.64. The van der Waals surface area contributed by atoms with E-state index in [0.29, 0.717) is 18.2 Å². The minimum absolute atomic E-state index is 0.0109. The van der Waals surface area contributed by atoms with Crippen LogP contribution in [-0.2, 0) is 20.8 Å². The van der Waals surface area contributed by atoms with Gasteiger partial charge in [-0.15, -0.1) is 10.2 Å². The first-order valence-corrected chi connectivity index (χ1v) is 9.83. The van der Waals surface area contributed by atoms with Gasteiger partial charge in [0, 0.05) is 18.4 Å². The van der Waals surface area contributed by atoms with E-state index >= 15 is 0 Å². The highest BCUT2D eigenvalue weighted by Gasteiger charge is 2.43. The Morgan fingerprint density at radius 2 is 2.14 bits per heavy atom. The van der Waals surface area contributed by atoms with Crippen LogP contribution in [0.25, 0.3) is 10.6 Å². The van der Waals surface area contributed by atoms with Crippen molar-refractivity contribution < 1.29 is 14.3 Å². The summed E-state index contributed by atoms with van der Waals surface area (Å²) in [5.41, 5.74) is 6.90. The summed E-state index contributed by atoms with van der Waals surface area (Å²) < 4.78 is 11.3. The fraction of sp³-hybridized carbons (Fsp3) is 0.389. The highest BCUT2D eigenvalue weighted by Crippen LogP contribution is 2.28. The van der Waals surface area contributed by atoms with E-state index in [-0.39, 0.29) is 30.5 Å². The van der Waals surface area contributed by atoms with E-state index < -0.39 is 5.91 Å². The maximum Gasteiger partial charge on any atom is 0.269 e. The van der Waals surface area contributed by atoms with Crippen molar-refractivity contribution in [3.63, 3.8) is 0 Å². The molecule has 0 saturated carbocycles. The summed E-state index contributed by atoms with van der Waals surface area (Å²) in [4.78, 5) is 12.3. The van der Waals surface area contributed by atoms with E-state index in [4.69, 9.17) is 21.1 Å². The molecule has 10 heteroatoms. The van der Waals surface area contributed by atoms with Gasteiger partial charge in [0.1, 0.15) is 21.8 Å². The molecule has 5 N–H and O–H groups in total. The lowest BCUT2D eigenvalue weighted by Crippen LogP contribution is -2.46. The first-order chi connectivity index (χ1) is 13.6. The smallest absolute Gasteiger partial charge is 0.269 e. The molecule has 3 heterocycles. The number of aromatic nitrogens is 2. The van der Waals surface area contributed by atoms with E-state index in [1.54, 1.807) is 0 Å². The Kier molecular flexibility index (Phi) is 5.53. The zero-order chi connectivity index (χ0) is 19.5. The minimum atomic E-state index is -0.422. The number of hydrazine groups is 1. The van der Waals surface area contributed by atoms with E-state index in [0.717, 1.165) is 17.0 Å². The third kappa shape index (κ3) is 3.99. The predicted octanol–water partition coefficient (Wildman–Crippen LogP) is 0.353. The van der Waals surface area contributed by atoms with Crippen LogP contribution in [0.4, 0.5) is 0 Å². The second kappa shape index (κ2) is 8.23. The number of ether oxygens (including phenoxy) is 2. The molecule has 2 saturated heterocycles. The van der Waals surface area contributed by atoms with Gasteiger partial charge in [0.15, 0.2) is 0 Å². The van der Waals surface area contributed by atoms with Crippen molar-refractivity contribution in [2.24, 2.45) is 11.6 Å². The molecular formula is C18H22N6O3S. The molecule has 28 heavy (non-hydrogen) atoms. The molecule has 1 amide bonds. The number of hydrogen-bond acceptors (Lipinski definition) is 9. The molecule has 9 nitrogen and oxygen atoms in total. The lowest BCUT2D eigenvalue weighted by atomic mass is 10.1. The summed E-state index contributed by atoms with van der Waals surface area (Å²) in [5, 5.41) is 13.9. The maximum absolute atomic E-state index is 12.3. The van der Waals surface area contributed by atoms with Gasteiger partial charge in [-0.1, -0.05) is 41.7 Å². The number of nitrogens with two attached hydrogens (primary N) is 2. The number of rotatable bonds is 6. The SMILES string of the molecule is N/C(=C\N(N)C1COC2CCOC21)C(=O)NCc1nnc(-c2ccccc2)s1. The van der Waals surface area contributed by atoms with Gasteiger partial charge in [0.2, 0.25) is 0 Å². The molecule has 2 aliphatic heterocycles. The van der Waals surface area contributed by atoms with Crippen LogP contribution < -0.4 is 16.9 Å². The first kappa shape index (κ1) is 18.8. The van der Waals surface area contributed by atoms with Gasteiger partial charge in [-0.3, -0.25) is 4.79 Å². The number of hydrogen-bond donors (Lipinski definition) is 3. The van der Waals surface area contributed by atoms with Crippen LogP contribution in [-0.4, -0.2) is 52.6 Å². The van der Waals surface area contributed by atoms with Crippen LogP contribution in [0.5, 0.6) is 0 Å². The van der Waals surface area contributed by atoms with Crippen molar-refractivity contribution in [3.05, 3.63) is 47.2 Å². The van der Waals surface area contributed by atoms with Gasteiger partial charge in [-0.05, 0) is 6.42 Å². The second-order valence-corrected chi connectivity index (χ2v) is 7.71. The van der Waals surface area contributed by atoms with Crippen LogP contribution in [0.2, 0.25) is 0 Å². The Balaban J connectivity index is 1.32. The number of fused-ring (bicyclic) bond motifs is 1. The quantitative estimate of drug-likeness (QED) is 0.359. The zero-order valence-corrected chi connectivity index (χ0v) is 16.0. The minimum Gasteiger partial charge on any atom is -0.393 e. The third-order valence-corrected chi connectivity index (χ3v) is 5.73. The first-order valence-electron chi connectivity index (χ1n) is 9.01. The monoisotopic (exact) mass is 402 g/mol. The van der Waals surface area contributed by atoms with Crippen molar-refractivity contribution >= 4 is 17.2 Å². The number of amides is 1. The topological polar surface area (TPSA) is 129 Å². The zero-order valence-electron chi connectivity index (χ0n) is 15.2. The second-order valence-electron chi connectivity index (χ2n) is 6.64. The molecule has 0 spiro atoms. The van der Waals surface area contributed by atoms with Gasteiger partial charge in [0.05, 0.1) is 25.3 Å². The highest BCUT2D eigenvalue weighted by atomic mass is 32.1. The fourth-order valence-electron chi connectivity index (χ4n) is 3.30. The number of carbonyl (C=O) groups excluding carboxylic acids is 1. The standard InChI is InChI=1S/C18H22N6O3S/c19-12(9-24(20)13-10-27-14-6-7-26-16(13)14)17(25)21-8-15-22-23-18(28-15)11-4-2-1-3-5-11/h1-5,9,13-14,16H,6-8,10,19-20H2,(H,21,25)/b12-9-. The van der Waals surface area contributed by atoms with E-state index in [9.17, 15) is 4.79 Å². The van der Waals surface area contributed by atoms with Gasteiger partial charge < -0.3 is 25.5 Å². The van der Waals surface area contributed by atoms with E-state index in [1.807, 2.05) is 30.3 Å². The highest BCUT2D eigenvalue weighted by molar-refractivity contribution is 7.14. The van der Waals surface area contributed by atoms with Gasteiger partial charge >= 0.3 is 0 Å². The normalized spacial score (nSPS) is 24.2. The number of nitrogens with zero attached hydrogens (tertiary/aromatic N) is 3. The van der Waals surface area contributed by atoms with Crippen molar-refractivity contribution in [3.8, 4) is 10.6 Å². The number of benzene rings is 1. The maximum atomic E-state index is 12.3. The van der Waals surface area contributed by atoms with Crippen LogP contribution in [0, 0.1) is 0 Å². The van der Waals surface area contributed by atoms with Gasteiger partial charge in [0.25, 0.3) is 5.91 Å². The van der Waals surface area contributed by atoms with Crippen molar-refractivity contribution in [1.82, 2.24) is 20.5 Å². The van der Waals surface area contributed by atoms with Crippen molar-refractivity contribution in [1.29, 1.82) is 0 Å².